The molecule has 1 aliphatic rings. The Morgan fingerprint density at radius 2 is 1.86 bits per heavy atom. The first-order valence-corrected chi connectivity index (χ1v) is 5.01. The summed E-state index contributed by atoms with van der Waals surface area (Å²) in [5.74, 6) is 0. The van der Waals surface area contributed by atoms with Gasteiger partial charge in [0.05, 0.1) is 6.61 Å². The molecule has 0 atom stereocenters. The Hall–Kier alpha value is -1.08. The summed E-state index contributed by atoms with van der Waals surface area (Å²) in [7, 11) is 0. The second-order valence-corrected chi connectivity index (χ2v) is 4.34. The van der Waals surface area contributed by atoms with Crippen LogP contribution in [0, 0.1) is 5.41 Å². The Bertz CT molecular complexity index is 340. The van der Waals surface area contributed by atoms with Gasteiger partial charge < -0.3 is 5.11 Å². The highest BCUT2D eigenvalue weighted by atomic mass is 16.3. The third kappa shape index (κ3) is 1.28. The summed E-state index contributed by atoms with van der Waals surface area (Å²) >= 11 is 0. The molecule has 0 unspecified atom stereocenters. The molecule has 0 bridgehead atoms. The summed E-state index contributed by atoms with van der Waals surface area (Å²) in [6.45, 7) is 6.22. The fraction of sp³-hybridized carbons (Fsp3) is 0.385. The highest BCUT2D eigenvalue weighted by molar-refractivity contribution is 5.37. The van der Waals surface area contributed by atoms with Crippen molar-refractivity contribution < 1.29 is 5.11 Å². The van der Waals surface area contributed by atoms with Crippen molar-refractivity contribution in [2.75, 3.05) is 6.61 Å². The molecule has 0 saturated heterocycles. The van der Waals surface area contributed by atoms with Crippen LogP contribution in [-0.4, -0.2) is 11.7 Å². The Balaban J connectivity index is 2.37. The molecular weight excluding hydrogens is 172 g/mol. The average Bonchev–Trinajstić information content (AvgIpc) is 2.57. The first kappa shape index (κ1) is 9.47. The zero-order valence-corrected chi connectivity index (χ0v) is 8.59. The van der Waals surface area contributed by atoms with Crippen molar-refractivity contribution in [3.63, 3.8) is 0 Å². The largest absolute Gasteiger partial charge is 0.395 e. The summed E-state index contributed by atoms with van der Waals surface area (Å²) in [4.78, 5) is 0. The quantitative estimate of drug-likeness (QED) is 0.706. The lowest BCUT2D eigenvalue weighted by molar-refractivity contribution is 0.167. The van der Waals surface area contributed by atoms with E-state index >= 15 is 0 Å². The Morgan fingerprint density at radius 3 is 2.21 bits per heavy atom. The lowest BCUT2D eigenvalue weighted by Crippen LogP contribution is -2.26. The van der Waals surface area contributed by atoms with Gasteiger partial charge in [0.1, 0.15) is 0 Å². The van der Waals surface area contributed by atoms with Crippen LogP contribution in [0.3, 0.4) is 0 Å². The highest BCUT2D eigenvalue weighted by Gasteiger charge is 2.36. The van der Waals surface area contributed by atoms with E-state index < -0.39 is 0 Å². The average molecular weight is 188 g/mol. The first-order chi connectivity index (χ1) is 6.68. The number of fused-ring (bicyclic) bond motifs is 1. The van der Waals surface area contributed by atoms with Gasteiger partial charge in [0.15, 0.2) is 0 Å². The van der Waals surface area contributed by atoms with E-state index in [1.165, 1.54) is 11.1 Å². The number of hydrogen-bond donors (Lipinski definition) is 1. The van der Waals surface area contributed by atoms with Crippen LogP contribution in [0.2, 0.25) is 0 Å². The van der Waals surface area contributed by atoms with Crippen molar-refractivity contribution in [2.45, 2.75) is 19.8 Å². The smallest absolute Gasteiger partial charge is 0.0530 e. The minimum absolute atomic E-state index is 0.0936. The molecule has 0 aromatic heterocycles. The fourth-order valence-electron chi connectivity index (χ4n) is 2.24. The molecular formula is C13H16O. The molecule has 2 rings (SSSR count). The Kier molecular flexibility index (Phi) is 2.20. The number of benzene rings is 1. The lowest BCUT2D eigenvalue weighted by Gasteiger charge is -2.26. The topological polar surface area (TPSA) is 20.2 Å². The predicted molar refractivity (Wildman–Crippen MR) is 58.2 cm³/mol. The summed E-state index contributed by atoms with van der Waals surface area (Å²) < 4.78 is 0. The maximum Gasteiger partial charge on any atom is 0.0530 e. The molecule has 74 valence electrons. The lowest BCUT2D eigenvalue weighted by atomic mass is 9.79. The van der Waals surface area contributed by atoms with E-state index in [0.29, 0.717) is 0 Å². The second-order valence-electron chi connectivity index (χ2n) is 4.34. The predicted octanol–water partition coefficient (Wildman–Crippen LogP) is 2.34. The molecule has 1 aromatic carbocycles. The fourth-order valence-corrected chi connectivity index (χ4v) is 2.24. The van der Waals surface area contributed by atoms with Crippen LogP contribution >= 0.6 is 0 Å². The van der Waals surface area contributed by atoms with Crippen LogP contribution in [0.25, 0.3) is 0 Å². The zero-order chi connectivity index (χ0) is 10.2. The van der Waals surface area contributed by atoms with Crippen molar-refractivity contribution in [3.8, 4) is 0 Å². The van der Waals surface area contributed by atoms with Gasteiger partial charge in [-0.05, 0) is 30.9 Å². The van der Waals surface area contributed by atoms with Gasteiger partial charge in [-0.2, -0.15) is 0 Å². The second kappa shape index (κ2) is 3.25. The zero-order valence-electron chi connectivity index (χ0n) is 8.59. The molecule has 1 nitrogen and oxygen atoms in total. The monoisotopic (exact) mass is 188 g/mol. The number of rotatable bonds is 2. The molecule has 0 spiro atoms. The van der Waals surface area contributed by atoms with Gasteiger partial charge in [-0.25, -0.2) is 0 Å². The minimum atomic E-state index is -0.0936. The normalized spacial score (nSPS) is 17.9. The van der Waals surface area contributed by atoms with Crippen LogP contribution in [-0.2, 0) is 12.8 Å². The molecule has 0 saturated carbocycles. The van der Waals surface area contributed by atoms with Gasteiger partial charge in [0.25, 0.3) is 0 Å². The summed E-state index contributed by atoms with van der Waals surface area (Å²) in [5, 5.41) is 9.50. The number of aliphatic hydroxyl groups is 1. The SMILES string of the molecule is C=C(C)C1(CO)Cc2ccccc2C1. The van der Waals surface area contributed by atoms with E-state index in [9.17, 15) is 5.11 Å². The van der Waals surface area contributed by atoms with Crippen molar-refractivity contribution in [1.29, 1.82) is 0 Å². The molecule has 0 aliphatic heterocycles. The molecule has 14 heavy (non-hydrogen) atoms. The first-order valence-electron chi connectivity index (χ1n) is 5.01. The van der Waals surface area contributed by atoms with Gasteiger partial charge in [-0.15, -0.1) is 0 Å². The van der Waals surface area contributed by atoms with Crippen LogP contribution in [0.4, 0.5) is 0 Å². The Labute approximate surface area is 85.1 Å². The van der Waals surface area contributed by atoms with Crippen LogP contribution in [0.5, 0.6) is 0 Å². The van der Waals surface area contributed by atoms with Gasteiger partial charge in [-0.1, -0.05) is 36.4 Å². The van der Waals surface area contributed by atoms with Gasteiger partial charge >= 0.3 is 0 Å². The molecule has 1 N–H and O–H groups in total. The molecule has 0 amide bonds. The highest BCUT2D eigenvalue weighted by Crippen LogP contribution is 2.41. The maximum absolute atomic E-state index is 9.50. The summed E-state index contributed by atoms with van der Waals surface area (Å²) in [6, 6.07) is 8.42. The van der Waals surface area contributed by atoms with Crippen molar-refractivity contribution in [2.24, 2.45) is 5.41 Å². The summed E-state index contributed by atoms with van der Waals surface area (Å²) in [6.07, 6.45) is 1.88. The van der Waals surface area contributed by atoms with E-state index in [1.54, 1.807) is 0 Å². The third-order valence-electron chi connectivity index (χ3n) is 3.38. The van der Waals surface area contributed by atoms with E-state index in [1.807, 2.05) is 6.92 Å². The third-order valence-corrected chi connectivity index (χ3v) is 3.38. The van der Waals surface area contributed by atoms with Crippen LogP contribution < -0.4 is 0 Å². The number of aliphatic hydroxyl groups excluding tert-OH is 1. The molecule has 0 fully saturated rings. The van der Waals surface area contributed by atoms with Crippen LogP contribution in [0.1, 0.15) is 18.1 Å². The summed E-state index contributed by atoms with van der Waals surface area (Å²) in [5.41, 5.74) is 3.73. The molecule has 1 aliphatic carbocycles. The Morgan fingerprint density at radius 1 is 1.36 bits per heavy atom. The van der Waals surface area contributed by atoms with Crippen molar-refractivity contribution in [3.05, 3.63) is 47.5 Å². The van der Waals surface area contributed by atoms with E-state index in [2.05, 4.69) is 30.8 Å². The molecule has 0 radical (unpaired) electrons. The van der Waals surface area contributed by atoms with Gasteiger partial charge in [0.2, 0.25) is 0 Å². The van der Waals surface area contributed by atoms with Gasteiger partial charge in [0, 0.05) is 5.41 Å². The van der Waals surface area contributed by atoms with E-state index in [-0.39, 0.29) is 12.0 Å². The minimum Gasteiger partial charge on any atom is -0.395 e. The number of hydrogen-bond acceptors (Lipinski definition) is 1. The van der Waals surface area contributed by atoms with Crippen molar-refractivity contribution in [1.82, 2.24) is 0 Å². The van der Waals surface area contributed by atoms with E-state index in [4.69, 9.17) is 0 Å². The van der Waals surface area contributed by atoms with Crippen LogP contribution in [0.15, 0.2) is 36.4 Å². The molecule has 1 heteroatoms. The maximum atomic E-state index is 9.50. The van der Waals surface area contributed by atoms with Gasteiger partial charge in [-0.3, -0.25) is 0 Å². The van der Waals surface area contributed by atoms with Crippen molar-refractivity contribution >= 4 is 0 Å². The van der Waals surface area contributed by atoms with E-state index in [0.717, 1.165) is 18.4 Å². The standard InChI is InChI=1S/C13H16O/c1-10(2)13(9-14)7-11-5-3-4-6-12(11)8-13/h3-6,14H,1,7-9H2,2H3. The molecule has 0 heterocycles. The molecule has 1 aromatic rings.